The fraction of sp³-hybridized carbons (Fsp3) is 0.364. The zero-order valence-electron chi connectivity index (χ0n) is 15.7. The quantitative estimate of drug-likeness (QED) is 0.673. The number of carbonyl (C=O) groups excluding carboxylic acids is 2. The fourth-order valence-corrected chi connectivity index (χ4v) is 3.47. The summed E-state index contributed by atoms with van der Waals surface area (Å²) in [7, 11) is 0. The number of ketones is 1. The number of Topliss-reactive ketones (excluding diaryl/α,β-unsaturated/α-hetero) is 1. The van der Waals surface area contributed by atoms with Crippen LogP contribution in [0.1, 0.15) is 59.3 Å². The summed E-state index contributed by atoms with van der Waals surface area (Å²) in [5.74, 6) is -0.271. The zero-order chi connectivity index (χ0) is 20.1. The molecule has 148 valence electrons. The number of halogens is 2. The largest absolute Gasteiger partial charge is 0.435 e. The summed E-state index contributed by atoms with van der Waals surface area (Å²) in [6, 6.07) is 11.6. The van der Waals surface area contributed by atoms with E-state index in [9.17, 15) is 18.4 Å². The number of alkyl halides is 2. The van der Waals surface area contributed by atoms with Crippen LogP contribution in [0.15, 0.2) is 42.5 Å². The number of hydrogen-bond acceptors (Lipinski definition) is 3. The average Bonchev–Trinajstić information content (AvgIpc) is 3.13. The van der Waals surface area contributed by atoms with E-state index in [1.54, 1.807) is 19.1 Å². The van der Waals surface area contributed by atoms with Crippen molar-refractivity contribution in [1.82, 2.24) is 5.32 Å². The van der Waals surface area contributed by atoms with Crippen LogP contribution in [0.4, 0.5) is 8.78 Å². The van der Waals surface area contributed by atoms with Crippen molar-refractivity contribution < 1.29 is 23.1 Å². The lowest BCUT2D eigenvalue weighted by Gasteiger charge is -2.15. The third-order valence-corrected chi connectivity index (χ3v) is 4.96. The van der Waals surface area contributed by atoms with E-state index in [1.165, 1.54) is 23.3 Å². The van der Waals surface area contributed by atoms with Crippen molar-refractivity contribution >= 4 is 11.7 Å². The number of ether oxygens (including phenoxy) is 1. The molecular weight excluding hydrogens is 364 g/mol. The number of aryl methyl sites for hydroxylation is 2. The van der Waals surface area contributed by atoms with Gasteiger partial charge >= 0.3 is 6.61 Å². The first-order valence-electron chi connectivity index (χ1n) is 9.41. The zero-order valence-corrected chi connectivity index (χ0v) is 15.7. The van der Waals surface area contributed by atoms with Crippen LogP contribution in [-0.2, 0) is 17.6 Å². The van der Waals surface area contributed by atoms with Crippen molar-refractivity contribution in [3.05, 3.63) is 64.7 Å². The second-order valence-corrected chi connectivity index (χ2v) is 7.00. The number of hydrogen-bond donors (Lipinski definition) is 1. The van der Waals surface area contributed by atoms with Gasteiger partial charge in [-0.3, -0.25) is 9.59 Å². The number of amides is 1. The monoisotopic (exact) mass is 387 g/mol. The van der Waals surface area contributed by atoms with Crippen molar-refractivity contribution in [3.63, 3.8) is 0 Å². The Morgan fingerprint density at radius 3 is 2.64 bits per heavy atom. The molecule has 0 spiro atoms. The highest BCUT2D eigenvalue weighted by Crippen LogP contribution is 2.24. The number of rotatable bonds is 8. The molecule has 0 bridgehead atoms. The lowest BCUT2D eigenvalue weighted by atomic mass is 10.0. The lowest BCUT2D eigenvalue weighted by molar-refractivity contribution is -0.121. The van der Waals surface area contributed by atoms with E-state index in [2.05, 4.69) is 10.1 Å². The van der Waals surface area contributed by atoms with Gasteiger partial charge < -0.3 is 10.1 Å². The summed E-state index contributed by atoms with van der Waals surface area (Å²) in [5, 5.41) is 2.79. The van der Waals surface area contributed by atoms with Crippen LogP contribution in [0.2, 0.25) is 0 Å². The molecule has 0 aliphatic heterocycles. The summed E-state index contributed by atoms with van der Waals surface area (Å²) in [6.07, 6.45) is 3.40. The van der Waals surface area contributed by atoms with E-state index in [0.717, 1.165) is 19.3 Å². The van der Waals surface area contributed by atoms with Gasteiger partial charge in [0.05, 0.1) is 6.04 Å². The fourth-order valence-electron chi connectivity index (χ4n) is 3.47. The predicted octanol–water partition coefficient (Wildman–Crippen LogP) is 4.62. The summed E-state index contributed by atoms with van der Waals surface area (Å²) in [4.78, 5) is 24.6. The minimum Gasteiger partial charge on any atom is -0.435 e. The van der Waals surface area contributed by atoms with Gasteiger partial charge in [-0.05, 0) is 61.1 Å². The van der Waals surface area contributed by atoms with Gasteiger partial charge in [0, 0.05) is 18.4 Å². The van der Waals surface area contributed by atoms with E-state index >= 15 is 0 Å². The molecule has 28 heavy (non-hydrogen) atoms. The molecule has 2 aromatic rings. The van der Waals surface area contributed by atoms with Gasteiger partial charge in [-0.15, -0.1) is 0 Å². The second-order valence-electron chi connectivity index (χ2n) is 7.00. The number of benzene rings is 2. The minimum absolute atomic E-state index is 0.0420. The molecule has 6 heteroatoms. The van der Waals surface area contributed by atoms with Gasteiger partial charge in [0.25, 0.3) is 0 Å². The highest BCUT2D eigenvalue weighted by molar-refractivity contribution is 5.98. The van der Waals surface area contributed by atoms with E-state index in [1.807, 2.05) is 18.2 Å². The highest BCUT2D eigenvalue weighted by Gasteiger charge is 2.16. The maximum absolute atomic E-state index is 12.4. The lowest BCUT2D eigenvalue weighted by Crippen LogP contribution is -2.27. The average molecular weight is 387 g/mol. The van der Waals surface area contributed by atoms with E-state index in [0.29, 0.717) is 11.1 Å². The van der Waals surface area contributed by atoms with Crippen molar-refractivity contribution in [2.24, 2.45) is 0 Å². The van der Waals surface area contributed by atoms with Crippen molar-refractivity contribution in [1.29, 1.82) is 0 Å². The van der Waals surface area contributed by atoms with E-state index in [-0.39, 0.29) is 36.3 Å². The van der Waals surface area contributed by atoms with Crippen LogP contribution >= 0.6 is 0 Å². The molecule has 1 aliphatic rings. The maximum atomic E-state index is 12.4. The third kappa shape index (κ3) is 5.15. The van der Waals surface area contributed by atoms with Crippen molar-refractivity contribution in [3.8, 4) is 5.75 Å². The van der Waals surface area contributed by atoms with Gasteiger partial charge in [0.2, 0.25) is 5.91 Å². The van der Waals surface area contributed by atoms with Crippen LogP contribution in [0.3, 0.4) is 0 Å². The molecule has 0 aromatic heterocycles. The molecule has 2 aromatic carbocycles. The molecule has 0 saturated heterocycles. The third-order valence-electron chi connectivity index (χ3n) is 4.96. The first kappa shape index (κ1) is 20.0. The number of fused-ring (bicyclic) bond motifs is 1. The summed E-state index contributed by atoms with van der Waals surface area (Å²) in [6.45, 7) is -1.15. The molecule has 3 rings (SSSR count). The van der Waals surface area contributed by atoms with Gasteiger partial charge in [-0.2, -0.15) is 8.78 Å². The molecule has 1 atom stereocenters. The number of carbonyl (C=O) groups is 2. The molecule has 1 amide bonds. The molecule has 1 unspecified atom stereocenters. The van der Waals surface area contributed by atoms with Crippen LogP contribution in [-0.4, -0.2) is 18.3 Å². The molecule has 0 fully saturated rings. The van der Waals surface area contributed by atoms with Crippen molar-refractivity contribution in [2.45, 2.75) is 51.7 Å². The Morgan fingerprint density at radius 1 is 1.07 bits per heavy atom. The normalized spacial score (nSPS) is 13.9. The molecule has 1 aliphatic carbocycles. The predicted molar refractivity (Wildman–Crippen MR) is 102 cm³/mol. The minimum atomic E-state index is -2.90. The first-order valence-corrected chi connectivity index (χ1v) is 9.41. The second kappa shape index (κ2) is 8.95. The molecule has 1 N–H and O–H groups in total. The summed E-state index contributed by atoms with van der Waals surface area (Å²) in [5.41, 5.74) is 3.84. The molecule has 0 radical (unpaired) electrons. The SMILES string of the molecule is CC(NC(=O)CCC(=O)c1ccc2c(c1)CCC2)c1cccc(OC(F)F)c1. The molecule has 4 nitrogen and oxygen atoms in total. The van der Waals surface area contributed by atoms with Crippen molar-refractivity contribution in [2.75, 3.05) is 0 Å². The Morgan fingerprint density at radius 2 is 1.86 bits per heavy atom. The Labute approximate surface area is 162 Å². The van der Waals surface area contributed by atoms with Crippen LogP contribution in [0, 0.1) is 0 Å². The number of nitrogens with one attached hydrogen (secondary N) is 1. The molecule has 0 saturated carbocycles. The Hall–Kier alpha value is -2.76. The van der Waals surface area contributed by atoms with Crippen LogP contribution in [0.5, 0.6) is 5.75 Å². The topological polar surface area (TPSA) is 55.4 Å². The maximum Gasteiger partial charge on any atom is 0.387 e. The smallest absolute Gasteiger partial charge is 0.387 e. The van der Waals surface area contributed by atoms with Gasteiger partial charge in [0.1, 0.15) is 5.75 Å². The summed E-state index contributed by atoms with van der Waals surface area (Å²) >= 11 is 0. The van der Waals surface area contributed by atoms with Crippen LogP contribution < -0.4 is 10.1 Å². The van der Waals surface area contributed by atoms with E-state index < -0.39 is 6.61 Å². The van der Waals surface area contributed by atoms with Crippen LogP contribution in [0.25, 0.3) is 0 Å². The van der Waals surface area contributed by atoms with E-state index in [4.69, 9.17) is 0 Å². The molecule has 0 heterocycles. The Bertz CT molecular complexity index is 867. The van der Waals surface area contributed by atoms with Gasteiger partial charge in [-0.25, -0.2) is 0 Å². The highest BCUT2D eigenvalue weighted by atomic mass is 19.3. The molecular formula is C22H23F2NO3. The summed E-state index contributed by atoms with van der Waals surface area (Å²) < 4.78 is 29.0. The standard InChI is InChI=1S/C22H23F2NO3/c1-14(16-5-3-7-19(13-16)28-22(23)24)25-21(27)11-10-20(26)18-9-8-15-4-2-6-17(15)12-18/h3,5,7-9,12-14,22H,2,4,6,10-11H2,1H3,(H,25,27). The van der Waals surface area contributed by atoms with Gasteiger partial charge in [-0.1, -0.05) is 24.3 Å². The first-order chi connectivity index (χ1) is 13.4. The Kier molecular flexibility index (Phi) is 6.39. The van der Waals surface area contributed by atoms with Gasteiger partial charge in [0.15, 0.2) is 5.78 Å². The Balaban J connectivity index is 1.52.